The second kappa shape index (κ2) is 10.2. The van der Waals surface area contributed by atoms with E-state index in [0.29, 0.717) is 29.2 Å². The number of ether oxygens (including phenoxy) is 2. The highest BCUT2D eigenvalue weighted by Crippen LogP contribution is 2.37. The number of hydrogen-bond acceptors (Lipinski definition) is 5. The summed E-state index contributed by atoms with van der Waals surface area (Å²) in [6.07, 6.45) is 1.39. The molecule has 0 bridgehead atoms. The molecule has 26 heavy (non-hydrogen) atoms. The van der Waals surface area contributed by atoms with Crippen molar-refractivity contribution in [2.75, 3.05) is 13.7 Å². The molecule has 0 spiro atoms. The lowest BCUT2D eigenvalue weighted by molar-refractivity contribution is 0.0518. The van der Waals surface area contributed by atoms with Gasteiger partial charge >= 0.3 is 5.97 Å². The van der Waals surface area contributed by atoms with Gasteiger partial charge in [0.15, 0.2) is 21.9 Å². The highest BCUT2D eigenvalue weighted by molar-refractivity contribution is 9.10. The topological polar surface area (TPSA) is 73.6 Å². The molecule has 1 aliphatic rings. The van der Waals surface area contributed by atoms with Crippen LogP contribution in [0.25, 0.3) is 5.69 Å². The van der Waals surface area contributed by atoms with Crippen molar-refractivity contribution < 1.29 is 19.4 Å². The number of carbonyl (C=O) groups is 1. The second-order valence-corrected chi connectivity index (χ2v) is 5.59. The maximum atomic E-state index is 12.0. The number of aromatic hydroxyl groups is 1. The molecule has 0 atom stereocenters. The van der Waals surface area contributed by atoms with Crippen LogP contribution >= 0.6 is 15.9 Å². The molecule has 1 aromatic carbocycles. The van der Waals surface area contributed by atoms with E-state index in [1.807, 2.05) is 38.3 Å². The summed E-state index contributed by atoms with van der Waals surface area (Å²) in [6.45, 7) is 10.1. The third-order valence-electron chi connectivity index (χ3n) is 3.65. The van der Waals surface area contributed by atoms with Crippen LogP contribution in [0.4, 0.5) is 0 Å². The zero-order valence-electron chi connectivity index (χ0n) is 16.2. The van der Waals surface area contributed by atoms with E-state index < -0.39 is 5.97 Å². The fourth-order valence-corrected chi connectivity index (χ4v) is 3.27. The van der Waals surface area contributed by atoms with Crippen molar-refractivity contribution in [3.8, 4) is 17.2 Å². The van der Waals surface area contributed by atoms with Crippen LogP contribution in [0, 0.1) is 0 Å². The number of phenolic OH excluding ortho intramolecular Hbond substituents is 1. The molecule has 0 saturated heterocycles. The average Bonchev–Trinajstić information content (AvgIpc) is 3.02. The molecule has 0 fully saturated rings. The SMILES string of the molecule is CC.CC.CCOC(=O)c1nc(Br)n2c1CCc1cc(OC)c(O)cc1-2. The van der Waals surface area contributed by atoms with Crippen molar-refractivity contribution >= 4 is 21.9 Å². The number of esters is 1. The standard InChI is InChI=1S/C15H15BrN2O4.2C2H6/c1-3-22-14(20)13-9-5-4-8-6-12(21-2)11(19)7-10(8)18(9)15(16)17-13;2*1-2/h6-7,19H,3-5H2,1-2H3;2*1-2H3. The normalized spacial score (nSPS) is 11.0. The van der Waals surface area contributed by atoms with Crippen molar-refractivity contribution in [3.05, 3.63) is 33.8 Å². The van der Waals surface area contributed by atoms with Gasteiger partial charge in [0.05, 0.1) is 25.1 Å². The van der Waals surface area contributed by atoms with Gasteiger partial charge in [0.1, 0.15) is 0 Å². The minimum atomic E-state index is -0.432. The number of benzene rings is 1. The third kappa shape index (κ3) is 4.20. The summed E-state index contributed by atoms with van der Waals surface area (Å²) in [6, 6.07) is 3.43. The Morgan fingerprint density at radius 3 is 2.50 bits per heavy atom. The van der Waals surface area contributed by atoms with Gasteiger partial charge in [-0.25, -0.2) is 9.78 Å². The molecule has 1 aromatic heterocycles. The van der Waals surface area contributed by atoms with Crippen LogP contribution in [0.5, 0.6) is 11.5 Å². The van der Waals surface area contributed by atoms with E-state index in [1.54, 1.807) is 13.0 Å². The predicted molar refractivity (Wildman–Crippen MR) is 106 cm³/mol. The highest BCUT2D eigenvalue weighted by atomic mass is 79.9. The van der Waals surface area contributed by atoms with E-state index in [0.717, 1.165) is 23.4 Å². The number of aromatic nitrogens is 2. The number of halogens is 1. The molecule has 0 radical (unpaired) electrons. The summed E-state index contributed by atoms with van der Waals surface area (Å²) in [5.41, 5.74) is 2.90. The molecule has 7 heteroatoms. The first-order chi connectivity index (χ1) is 12.6. The molecule has 2 heterocycles. The van der Waals surface area contributed by atoms with E-state index in [4.69, 9.17) is 9.47 Å². The van der Waals surface area contributed by atoms with Crippen LogP contribution < -0.4 is 4.74 Å². The molecule has 0 amide bonds. The Balaban J connectivity index is 0.000000791. The number of carbonyl (C=O) groups excluding carboxylic acids is 1. The molecule has 3 rings (SSSR count). The molecular formula is C19H27BrN2O4. The molecule has 0 saturated carbocycles. The average molecular weight is 427 g/mol. The molecular weight excluding hydrogens is 400 g/mol. The Hall–Kier alpha value is -2.02. The van der Waals surface area contributed by atoms with Crippen LogP contribution in [0.3, 0.4) is 0 Å². The minimum Gasteiger partial charge on any atom is -0.504 e. The highest BCUT2D eigenvalue weighted by Gasteiger charge is 2.28. The van der Waals surface area contributed by atoms with Gasteiger partial charge in [-0.05, 0) is 47.3 Å². The van der Waals surface area contributed by atoms with E-state index in [-0.39, 0.29) is 5.75 Å². The Kier molecular flexibility index (Phi) is 8.65. The Bertz CT molecular complexity index is 756. The van der Waals surface area contributed by atoms with Gasteiger partial charge in [-0.2, -0.15) is 0 Å². The van der Waals surface area contributed by atoms with Crippen LogP contribution in [0.2, 0.25) is 0 Å². The zero-order chi connectivity index (χ0) is 19.9. The number of methoxy groups -OCH3 is 1. The molecule has 6 nitrogen and oxygen atoms in total. The summed E-state index contributed by atoms with van der Waals surface area (Å²) in [4.78, 5) is 16.3. The summed E-state index contributed by atoms with van der Waals surface area (Å²) < 4.78 is 12.5. The lowest BCUT2D eigenvalue weighted by atomic mass is 10.00. The molecule has 0 unspecified atom stereocenters. The van der Waals surface area contributed by atoms with E-state index in [9.17, 15) is 9.90 Å². The Morgan fingerprint density at radius 1 is 1.27 bits per heavy atom. The van der Waals surface area contributed by atoms with Crippen LogP contribution in [0.15, 0.2) is 16.9 Å². The maximum absolute atomic E-state index is 12.0. The van der Waals surface area contributed by atoms with Crippen molar-refractivity contribution in [1.82, 2.24) is 9.55 Å². The molecule has 144 valence electrons. The van der Waals surface area contributed by atoms with Crippen molar-refractivity contribution in [2.45, 2.75) is 47.5 Å². The van der Waals surface area contributed by atoms with E-state index >= 15 is 0 Å². The molecule has 0 aliphatic carbocycles. The van der Waals surface area contributed by atoms with Gasteiger partial charge in [-0.1, -0.05) is 27.7 Å². The zero-order valence-corrected chi connectivity index (χ0v) is 17.8. The van der Waals surface area contributed by atoms with Gasteiger partial charge < -0.3 is 14.6 Å². The van der Waals surface area contributed by atoms with Gasteiger partial charge in [-0.3, -0.25) is 4.57 Å². The number of imidazole rings is 1. The monoisotopic (exact) mass is 426 g/mol. The fourth-order valence-electron chi connectivity index (χ4n) is 2.69. The number of nitrogens with zero attached hydrogens (tertiary/aromatic N) is 2. The lowest BCUT2D eigenvalue weighted by Gasteiger charge is -2.21. The molecule has 1 N–H and O–H groups in total. The first-order valence-corrected chi connectivity index (χ1v) is 9.70. The summed E-state index contributed by atoms with van der Waals surface area (Å²) >= 11 is 3.38. The van der Waals surface area contributed by atoms with Gasteiger partial charge in [0.25, 0.3) is 0 Å². The Labute approximate surface area is 163 Å². The number of rotatable bonds is 3. The summed E-state index contributed by atoms with van der Waals surface area (Å²) in [5.74, 6) is 0.0505. The van der Waals surface area contributed by atoms with Crippen molar-refractivity contribution in [3.63, 3.8) is 0 Å². The first kappa shape index (κ1) is 22.0. The summed E-state index contributed by atoms with van der Waals surface area (Å²) in [5, 5.41) is 10.0. The molecule has 1 aliphatic heterocycles. The molecule has 2 aromatic rings. The quantitative estimate of drug-likeness (QED) is 0.721. The Morgan fingerprint density at radius 2 is 1.92 bits per heavy atom. The van der Waals surface area contributed by atoms with Crippen LogP contribution in [0.1, 0.15) is 56.4 Å². The largest absolute Gasteiger partial charge is 0.504 e. The number of hydrogen-bond donors (Lipinski definition) is 1. The number of fused-ring (bicyclic) bond motifs is 3. The second-order valence-electron chi connectivity index (χ2n) is 4.88. The van der Waals surface area contributed by atoms with Gasteiger partial charge in [0.2, 0.25) is 0 Å². The van der Waals surface area contributed by atoms with Crippen LogP contribution in [-0.2, 0) is 17.6 Å². The number of phenols is 1. The van der Waals surface area contributed by atoms with Gasteiger partial charge in [0, 0.05) is 6.07 Å². The number of aryl methyl sites for hydroxylation is 1. The predicted octanol–water partition coefficient (Wildman–Crippen LogP) is 4.68. The first-order valence-electron chi connectivity index (χ1n) is 8.91. The van der Waals surface area contributed by atoms with E-state index in [2.05, 4.69) is 20.9 Å². The smallest absolute Gasteiger partial charge is 0.358 e. The maximum Gasteiger partial charge on any atom is 0.358 e. The minimum absolute atomic E-state index is 0.0485. The van der Waals surface area contributed by atoms with Crippen LogP contribution in [-0.4, -0.2) is 34.3 Å². The van der Waals surface area contributed by atoms with E-state index in [1.165, 1.54) is 7.11 Å². The summed E-state index contributed by atoms with van der Waals surface area (Å²) in [7, 11) is 1.52. The third-order valence-corrected chi connectivity index (χ3v) is 4.18. The van der Waals surface area contributed by atoms with Gasteiger partial charge in [-0.15, -0.1) is 0 Å². The lowest BCUT2D eigenvalue weighted by Crippen LogP contribution is -2.16. The fraction of sp³-hybridized carbons (Fsp3) is 0.474. The van der Waals surface area contributed by atoms with Crippen molar-refractivity contribution in [2.24, 2.45) is 0 Å². The van der Waals surface area contributed by atoms with Crippen molar-refractivity contribution in [1.29, 1.82) is 0 Å².